The lowest BCUT2D eigenvalue weighted by molar-refractivity contribution is -0.138. The maximum absolute atomic E-state index is 11.5. The van der Waals surface area contributed by atoms with Gasteiger partial charge in [0.1, 0.15) is 0 Å². The highest BCUT2D eigenvalue weighted by Gasteiger charge is 2.27. The van der Waals surface area contributed by atoms with Crippen LogP contribution in [0.3, 0.4) is 0 Å². The molecule has 38 heavy (non-hydrogen) atoms. The lowest BCUT2D eigenvalue weighted by Crippen LogP contribution is -2.23. The molecule has 3 unspecified atom stereocenters. The van der Waals surface area contributed by atoms with Gasteiger partial charge < -0.3 is 10.2 Å². The molecule has 0 saturated carbocycles. The number of hydrogen-bond acceptors (Lipinski definition) is 2. The minimum Gasteiger partial charge on any atom is -0.481 e. The number of aliphatic carboxylic acids is 2. The minimum atomic E-state index is -0.676. The molecule has 0 amide bonds. The first-order valence-corrected chi connectivity index (χ1v) is 16.8. The molecule has 0 saturated heterocycles. The molecule has 4 nitrogen and oxygen atoms in total. The first-order chi connectivity index (χ1) is 18.4. The highest BCUT2D eigenvalue weighted by molar-refractivity contribution is 5.66. The van der Waals surface area contributed by atoms with Gasteiger partial charge >= 0.3 is 11.9 Å². The van der Waals surface area contributed by atoms with E-state index in [-0.39, 0.29) is 0 Å². The van der Waals surface area contributed by atoms with Crippen molar-refractivity contribution in [1.82, 2.24) is 0 Å². The zero-order valence-corrected chi connectivity index (χ0v) is 26.0. The highest BCUT2D eigenvalue weighted by atomic mass is 16.4. The summed E-state index contributed by atoms with van der Waals surface area (Å²) in [7, 11) is 0. The van der Waals surface area contributed by atoms with Gasteiger partial charge in [-0.25, -0.2) is 0 Å². The van der Waals surface area contributed by atoms with Crippen LogP contribution in [0.1, 0.15) is 182 Å². The molecule has 226 valence electrons. The monoisotopic (exact) mass is 538 g/mol. The fourth-order valence-corrected chi connectivity index (χ4v) is 6.32. The second-order valence-corrected chi connectivity index (χ2v) is 12.2. The molecule has 3 atom stereocenters. The summed E-state index contributed by atoms with van der Waals surface area (Å²) in [4.78, 5) is 22.1. The quantitative estimate of drug-likeness (QED) is 0.0928. The fraction of sp³-hybridized carbons (Fsp3) is 0.941. The summed E-state index contributed by atoms with van der Waals surface area (Å²) >= 11 is 0. The van der Waals surface area contributed by atoms with E-state index in [0.29, 0.717) is 24.7 Å². The average Bonchev–Trinajstić information content (AvgIpc) is 2.89. The maximum atomic E-state index is 11.5. The maximum Gasteiger partial charge on any atom is 0.303 e. The summed E-state index contributed by atoms with van der Waals surface area (Å²) in [6.07, 6.45) is 27.6. The summed E-state index contributed by atoms with van der Waals surface area (Å²) in [6.45, 7) is 9.29. The molecule has 0 rings (SSSR count). The summed E-state index contributed by atoms with van der Waals surface area (Å²) in [5.41, 5.74) is 0. The van der Waals surface area contributed by atoms with E-state index < -0.39 is 11.9 Å². The van der Waals surface area contributed by atoms with Crippen molar-refractivity contribution in [2.45, 2.75) is 182 Å². The van der Waals surface area contributed by atoms with Crippen LogP contribution in [0.4, 0.5) is 0 Å². The van der Waals surface area contributed by atoms with Crippen molar-refractivity contribution in [2.75, 3.05) is 0 Å². The molecule has 0 aliphatic carbocycles. The lowest BCUT2D eigenvalue weighted by Gasteiger charge is -2.33. The summed E-state index contributed by atoms with van der Waals surface area (Å²) in [6, 6.07) is 0. The minimum absolute atomic E-state index is 0.310. The Bertz CT molecular complexity index is 529. The summed E-state index contributed by atoms with van der Waals surface area (Å²) < 4.78 is 0. The van der Waals surface area contributed by atoms with Crippen molar-refractivity contribution in [3.63, 3.8) is 0 Å². The Morgan fingerprint density at radius 3 is 1.29 bits per heavy atom. The predicted molar refractivity (Wildman–Crippen MR) is 163 cm³/mol. The van der Waals surface area contributed by atoms with Crippen molar-refractivity contribution in [2.24, 2.45) is 23.7 Å². The van der Waals surface area contributed by atoms with Gasteiger partial charge in [0.05, 0.1) is 0 Å². The second-order valence-electron chi connectivity index (χ2n) is 12.2. The van der Waals surface area contributed by atoms with E-state index in [1.807, 2.05) is 0 Å². The molecule has 0 aliphatic rings. The first-order valence-electron chi connectivity index (χ1n) is 16.8. The molecule has 0 aromatic rings. The van der Waals surface area contributed by atoms with Gasteiger partial charge in [0.15, 0.2) is 0 Å². The third kappa shape index (κ3) is 21.8. The van der Waals surface area contributed by atoms with Gasteiger partial charge in [0, 0.05) is 12.8 Å². The standard InChI is InChI=1S/C34H66O4/c1-5-9-21-29(7-3)27-32(28-30(8-4)22-10-6-2)31(25-26-34(37)38)23-19-17-15-13-11-12-14-16-18-20-24-33(35)36/h29-32H,5-28H2,1-4H3,(H,35,36)(H,37,38). The molecule has 2 N–H and O–H groups in total. The van der Waals surface area contributed by atoms with E-state index in [4.69, 9.17) is 5.11 Å². The Labute approximate surface area is 237 Å². The SMILES string of the molecule is CCCCC(CC)CC(CC(CC)CCCC)C(CCCCCCCCCCCCC(=O)O)CCC(=O)O. The van der Waals surface area contributed by atoms with Crippen LogP contribution >= 0.6 is 0 Å². The van der Waals surface area contributed by atoms with Crippen LogP contribution < -0.4 is 0 Å². The van der Waals surface area contributed by atoms with Crippen molar-refractivity contribution in [3.05, 3.63) is 0 Å². The van der Waals surface area contributed by atoms with E-state index in [2.05, 4.69) is 27.7 Å². The van der Waals surface area contributed by atoms with E-state index >= 15 is 0 Å². The predicted octanol–water partition coefficient (Wildman–Crippen LogP) is 11.1. The Kier molecular flexibility index (Phi) is 25.4. The highest BCUT2D eigenvalue weighted by Crippen LogP contribution is 2.38. The van der Waals surface area contributed by atoms with E-state index in [0.717, 1.165) is 37.5 Å². The Morgan fingerprint density at radius 2 is 0.895 bits per heavy atom. The molecule has 0 aromatic carbocycles. The molecule has 4 heteroatoms. The second kappa shape index (κ2) is 26.2. The van der Waals surface area contributed by atoms with E-state index in [9.17, 15) is 14.7 Å². The van der Waals surface area contributed by atoms with Crippen molar-refractivity contribution >= 4 is 11.9 Å². The third-order valence-electron chi connectivity index (χ3n) is 8.97. The molecular weight excluding hydrogens is 472 g/mol. The fourth-order valence-electron chi connectivity index (χ4n) is 6.32. The number of carboxylic acids is 2. The Hall–Kier alpha value is -1.06. The Balaban J connectivity index is 4.79. The van der Waals surface area contributed by atoms with Crippen molar-refractivity contribution < 1.29 is 19.8 Å². The first kappa shape index (κ1) is 36.9. The zero-order valence-electron chi connectivity index (χ0n) is 26.0. The van der Waals surface area contributed by atoms with Crippen LogP contribution in [0, 0.1) is 23.7 Å². The van der Waals surface area contributed by atoms with Crippen molar-refractivity contribution in [3.8, 4) is 0 Å². The number of rotatable bonds is 29. The number of carbonyl (C=O) groups is 2. The van der Waals surface area contributed by atoms with Crippen LogP contribution in [0.2, 0.25) is 0 Å². The van der Waals surface area contributed by atoms with E-state index in [1.165, 1.54) is 116 Å². The van der Waals surface area contributed by atoms with Gasteiger partial charge in [0.2, 0.25) is 0 Å². The molecular formula is C34H66O4. The van der Waals surface area contributed by atoms with E-state index in [1.54, 1.807) is 0 Å². The molecule has 0 radical (unpaired) electrons. The largest absolute Gasteiger partial charge is 0.481 e. The summed E-state index contributed by atoms with van der Waals surface area (Å²) in [5, 5.41) is 18.2. The van der Waals surface area contributed by atoms with Gasteiger partial charge in [-0.1, -0.05) is 143 Å². The van der Waals surface area contributed by atoms with Crippen LogP contribution in [-0.2, 0) is 9.59 Å². The smallest absolute Gasteiger partial charge is 0.303 e. The average molecular weight is 539 g/mol. The number of unbranched alkanes of at least 4 members (excludes halogenated alkanes) is 11. The number of carboxylic acid groups (broad SMARTS) is 2. The van der Waals surface area contributed by atoms with Gasteiger partial charge in [-0.05, 0) is 49.4 Å². The molecule has 0 aromatic heterocycles. The third-order valence-corrected chi connectivity index (χ3v) is 8.97. The lowest BCUT2D eigenvalue weighted by atomic mass is 9.72. The molecule has 0 heterocycles. The zero-order chi connectivity index (χ0) is 28.4. The molecule has 0 aliphatic heterocycles. The molecule has 0 spiro atoms. The van der Waals surface area contributed by atoms with Gasteiger partial charge in [-0.3, -0.25) is 9.59 Å². The molecule has 0 fully saturated rings. The van der Waals surface area contributed by atoms with Gasteiger partial charge in [-0.2, -0.15) is 0 Å². The normalized spacial score (nSPS) is 14.7. The van der Waals surface area contributed by atoms with Gasteiger partial charge in [0.25, 0.3) is 0 Å². The van der Waals surface area contributed by atoms with Crippen LogP contribution in [-0.4, -0.2) is 22.2 Å². The van der Waals surface area contributed by atoms with Crippen LogP contribution in [0.5, 0.6) is 0 Å². The number of hydrogen-bond donors (Lipinski definition) is 2. The Morgan fingerprint density at radius 1 is 0.474 bits per heavy atom. The van der Waals surface area contributed by atoms with Crippen molar-refractivity contribution in [1.29, 1.82) is 0 Å². The molecule has 0 bridgehead atoms. The van der Waals surface area contributed by atoms with Crippen LogP contribution in [0.15, 0.2) is 0 Å². The van der Waals surface area contributed by atoms with Gasteiger partial charge in [-0.15, -0.1) is 0 Å². The van der Waals surface area contributed by atoms with Crippen LogP contribution in [0.25, 0.3) is 0 Å². The topological polar surface area (TPSA) is 74.6 Å². The summed E-state index contributed by atoms with van der Waals surface area (Å²) in [5.74, 6) is 1.51.